The maximum atomic E-state index is 12.8. The van der Waals surface area contributed by atoms with Gasteiger partial charge in [0.05, 0.1) is 18.1 Å². The van der Waals surface area contributed by atoms with Gasteiger partial charge in [-0.3, -0.25) is 14.6 Å². The molecule has 1 aliphatic rings. The highest BCUT2D eigenvalue weighted by atomic mass is 16.5. The summed E-state index contributed by atoms with van der Waals surface area (Å²) in [5.41, 5.74) is 5.81. The van der Waals surface area contributed by atoms with E-state index < -0.39 is 0 Å². The number of nitrogens with zero attached hydrogens (tertiary/aromatic N) is 2. The number of aryl methyl sites for hydroxylation is 1. The van der Waals surface area contributed by atoms with Crippen molar-refractivity contribution in [3.05, 3.63) is 138 Å². The highest BCUT2D eigenvalue weighted by Gasteiger charge is 2.24. The number of benzene rings is 4. The van der Waals surface area contributed by atoms with E-state index in [0.29, 0.717) is 30.9 Å². The van der Waals surface area contributed by atoms with Gasteiger partial charge in [-0.2, -0.15) is 0 Å². The lowest BCUT2D eigenvalue weighted by Crippen LogP contribution is -2.41. The number of piperidine rings is 1. The Kier molecular flexibility index (Phi) is 9.24. The Morgan fingerprint density at radius 1 is 0.804 bits per heavy atom. The standard InChI is InChI=1S/C38H35N3O5/c1-26-2-6-31(7-3-26)38(44)41-20-18-36(19-21-41)46-35-14-4-27(5-15-35)25-45-34-16-12-29(13-17-34)28-8-10-30(11-9-28)37(43)40-32-22-33(42)24-39-23-32/h2-17,22-24,36,42H,18-21,25H2,1H3,(H,40,43). The number of nitrogens with one attached hydrogen (secondary N) is 1. The number of aromatic nitrogens is 1. The molecule has 2 amide bonds. The van der Waals surface area contributed by atoms with Gasteiger partial charge in [0, 0.05) is 43.1 Å². The van der Waals surface area contributed by atoms with Gasteiger partial charge in [0.25, 0.3) is 11.8 Å². The molecule has 2 N–H and O–H groups in total. The first kappa shape index (κ1) is 30.4. The fraction of sp³-hybridized carbons (Fsp3) is 0.184. The lowest BCUT2D eigenvalue weighted by molar-refractivity contribution is 0.0595. The number of amides is 2. The predicted octanol–water partition coefficient (Wildman–Crippen LogP) is 7.28. The molecule has 232 valence electrons. The second-order valence-corrected chi connectivity index (χ2v) is 11.4. The van der Waals surface area contributed by atoms with Crippen molar-refractivity contribution < 1.29 is 24.2 Å². The van der Waals surface area contributed by atoms with Crippen LogP contribution in [0.25, 0.3) is 11.1 Å². The third-order valence-electron chi connectivity index (χ3n) is 7.98. The molecule has 0 spiro atoms. The Balaban J connectivity index is 0.951. The SMILES string of the molecule is Cc1ccc(C(=O)N2CCC(Oc3ccc(COc4ccc(-c5ccc(C(=O)Nc6cncc(O)c6)cc5)cc4)cc3)CC2)cc1. The van der Waals surface area contributed by atoms with Gasteiger partial charge in [-0.1, -0.05) is 54.1 Å². The first-order chi connectivity index (χ1) is 22.4. The minimum Gasteiger partial charge on any atom is -0.506 e. The van der Waals surface area contributed by atoms with Crippen LogP contribution in [-0.4, -0.2) is 46.0 Å². The van der Waals surface area contributed by atoms with Crippen molar-refractivity contribution in [1.82, 2.24) is 9.88 Å². The topological polar surface area (TPSA) is 101 Å². The van der Waals surface area contributed by atoms with Crippen molar-refractivity contribution in [2.24, 2.45) is 0 Å². The highest BCUT2D eigenvalue weighted by Crippen LogP contribution is 2.25. The van der Waals surface area contributed by atoms with Gasteiger partial charge in [0.2, 0.25) is 0 Å². The number of aromatic hydroxyl groups is 1. The number of carbonyl (C=O) groups is 2. The number of carbonyl (C=O) groups excluding carboxylic acids is 2. The number of anilines is 1. The molecule has 0 aliphatic carbocycles. The Morgan fingerprint density at radius 2 is 1.41 bits per heavy atom. The zero-order valence-electron chi connectivity index (χ0n) is 25.6. The monoisotopic (exact) mass is 613 g/mol. The molecule has 8 nitrogen and oxygen atoms in total. The molecule has 0 radical (unpaired) electrons. The van der Waals surface area contributed by atoms with Crippen LogP contribution in [0, 0.1) is 6.92 Å². The quantitative estimate of drug-likeness (QED) is 0.181. The van der Waals surface area contributed by atoms with Gasteiger partial charge in [-0.25, -0.2) is 0 Å². The summed E-state index contributed by atoms with van der Waals surface area (Å²) < 4.78 is 12.2. The first-order valence-electron chi connectivity index (χ1n) is 15.3. The smallest absolute Gasteiger partial charge is 0.255 e. The summed E-state index contributed by atoms with van der Waals surface area (Å²) in [7, 11) is 0. The summed E-state index contributed by atoms with van der Waals surface area (Å²) >= 11 is 0. The van der Waals surface area contributed by atoms with E-state index in [9.17, 15) is 14.7 Å². The van der Waals surface area contributed by atoms with Crippen molar-refractivity contribution in [3.63, 3.8) is 0 Å². The second kappa shape index (κ2) is 14.0. The van der Waals surface area contributed by atoms with Gasteiger partial charge >= 0.3 is 0 Å². The van der Waals surface area contributed by atoms with E-state index in [4.69, 9.17) is 9.47 Å². The summed E-state index contributed by atoms with van der Waals surface area (Å²) in [6, 6.07) is 32.3. The first-order valence-corrected chi connectivity index (χ1v) is 15.3. The van der Waals surface area contributed by atoms with Crippen LogP contribution in [-0.2, 0) is 6.61 Å². The van der Waals surface area contributed by atoms with Gasteiger partial charge in [0.15, 0.2) is 0 Å². The minimum atomic E-state index is -0.283. The molecular weight excluding hydrogens is 578 g/mol. The van der Waals surface area contributed by atoms with Crippen LogP contribution < -0.4 is 14.8 Å². The number of hydrogen-bond acceptors (Lipinski definition) is 6. The molecule has 0 atom stereocenters. The van der Waals surface area contributed by atoms with Gasteiger partial charge in [0.1, 0.15) is 30.0 Å². The van der Waals surface area contributed by atoms with E-state index in [0.717, 1.165) is 52.2 Å². The summed E-state index contributed by atoms with van der Waals surface area (Å²) in [4.78, 5) is 31.1. The van der Waals surface area contributed by atoms with Crippen LogP contribution in [0.4, 0.5) is 5.69 Å². The third kappa shape index (κ3) is 7.71. The van der Waals surface area contributed by atoms with Crippen molar-refractivity contribution in [3.8, 4) is 28.4 Å². The Labute approximate surface area is 268 Å². The normalized spacial score (nSPS) is 13.2. The summed E-state index contributed by atoms with van der Waals surface area (Å²) in [6.07, 6.45) is 4.47. The molecule has 8 heteroatoms. The Hall–Kier alpha value is -5.63. The highest BCUT2D eigenvalue weighted by molar-refractivity contribution is 6.04. The third-order valence-corrected chi connectivity index (χ3v) is 7.98. The van der Waals surface area contributed by atoms with Crippen LogP contribution in [0.15, 0.2) is 116 Å². The molecule has 2 heterocycles. The van der Waals surface area contributed by atoms with E-state index in [-0.39, 0.29) is 23.7 Å². The molecule has 4 aromatic carbocycles. The zero-order chi connectivity index (χ0) is 31.9. The van der Waals surface area contributed by atoms with Gasteiger partial charge < -0.3 is 24.8 Å². The van der Waals surface area contributed by atoms with Crippen molar-refractivity contribution in [1.29, 1.82) is 0 Å². The molecule has 46 heavy (non-hydrogen) atoms. The van der Waals surface area contributed by atoms with Crippen LogP contribution >= 0.6 is 0 Å². The van der Waals surface area contributed by atoms with E-state index in [2.05, 4.69) is 10.3 Å². The molecule has 1 aromatic heterocycles. The molecular formula is C38H35N3O5. The Bertz CT molecular complexity index is 1780. The molecule has 1 aliphatic heterocycles. The van der Waals surface area contributed by atoms with Gasteiger partial charge in [-0.15, -0.1) is 0 Å². The number of likely N-dealkylation sites (tertiary alicyclic amines) is 1. The summed E-state index contributed by atoms with van der Waals surface area (Å²) in [6.45, 7) is 3.82. The number of pyridine rings is 1. The van der Waals surface area contributed by atoms with Gasteiger partial charge in [-0.05, 0) is 72.1 Å². The zero-order valence-corrected chi connectivity index (χ0v) is 25.6. The maximum Gasteiger partial charge on any atom is 0.255 e. The number of hydrogen-bond donors (Lipinski definition) is 2. The lowest BCUT2D eigenvalue weighted by atomic mass is 10.0. The van der Waals surface area contributed by atoms with Crippen LogP contribution in [0.1, 0.15) is 44.7 Å². The molecule has 5 aromatic rings. The molecule has 0 unspecified atom stereocenters. The molecule has 6 rings (SSSR count). The molecule has 1 fully saturated rings. The average molecular weight is 614 g/mol. The largest absolute Gasteiger partial charge is 0.506 e. The van der Waals surface area contributed by atoms with E-state index in [1.54, 1.807) is 12.1 Å². The van der Waals surface area contributed by atoms with Crippen LogP contribution in [0.3, 0.4) is 0 Å². The fourth-order valence-electron chi connectivity index (χ4n) is 5.34. The maximum absolute atomic E-state index is 12.8. The summed E-state index contributed by atoms with van der Waals surface area (Å²) in [5, 5.41) is 12.3. The minimum absolute atomic E-state index is 0.0128. The number of ether oxygens (including phenoxy) is 2. The molecule has 0 saturated carbocycles. The molecule has 0 bridgehead atoms. The predicted molar refractivity (Wildman–Crippen MR) is 177 cm³/mol. The van der Waals surface area contributed by atoms with Crippen LogP contribution in [0.2, 0.25) is 0 Å². The van der Waals surface area contributed by atoms with E-state index in [1.165, 1.54) is 18.5 Å². The van der Waals surface area contributed by atoms with Crippen LogP contribution in [0.5, 0.6) is 17.2 Å². The van der Waals surface area contributed by atoms with E-state index >= 15 is 0 Å². The molecule has 1 saturated heterocycles. The lowest BCUT2D eigenvalue weighted by Gasteiger charge is -2.32. The fourth-order valence-corrected chi connectivity index (χ4v) is 5.34. The van der Waals surface area contributed by atoms with Crippen molar-refractivity contribution in [2.75, 3.05) is 18.4 Å². The number of rotatable bonds is 9. The summed E-state index contributed by atoms with van der Waals surface area (Å²) in [5.74, 6) is 1.36. The van der Waals surface area contributed by atoms with Crippen molar-refractivity contribution >= 4 is 17.5 Å². The Morgan fingerprint density at radius 3 is 2.07 bits per heavy atom. The van der Waals surface area contributed by atoms with Crippen molar-refractivity contribution in [2.45, 2.75) is 32.5 Å². The average Bonchev–Trinajstić information content (AvgIpc) is 3.09. The second-order valence-electron chi connectivity index (χ2n) is 11.4. The van der Waals surface area contributed by atoms with E-state index in [1.807, 2.05) is 96.8 Å².